The Labute approximate surface area is 164 Å². The molecule has 0 N–H and O–H groups in total. The Morgan fingerprint density at radius 2 is 1.70 bits per heavy atom. The van der Waals surface area contributed by atoms with E-state index in [4.69, 9.17) is 9.97 Å². The summed E-state index contributed by atoms with van der Waals surface area (Å²) in [6.45, 7) is 8.05. The summed E-state index contributed by atoms with van der Waals surface area (Å²) >= 11 is 0. The molecular weight excluding hydrogens is 334 g/mol. The highest BCUT2D eigenvalue weighted by molar-refractivity contribution is 5.35. The lowest BCUT2D eigenvalue weighted by Crippen LogP contribution is -2.52. The summed E-state index contributed by atoms with van der Waals surface area (Å²) in [5.41, 5.74) is 2.68. The quantitative estimate of drug-likeness (QED) is 0.815. The first-order valence-corrected chi connectivity index (χ1v) is 11.4. The third-order valence-electron chi connectivity index (χ3n) is 7.43. The molecule has 0 spiro atoms. The van der Waals surface area contributed by atoms with Gasteiger partial charge < -0.3 is 4.90 Å². The SMILES string of the molecule is c1nc(N2CCN(C3CCC3)CC2)nc2c1CN(CC1CCCCC1)CC2. The molecule has 5 rings (SSSR count). The number of fused-ring (bicyclic) bond motifs is 1. The van der Waals surface area contributed by atoms with Gasteiger partial charge in [-0.15, -0.1) is 0 Å². The second-order valence-electron chi connectivity index (χ2n) is 9.24. The van der Waals surface area contributed by atoms with Crippen LogP contribution >= 0.6 is 0 Å². The van der Waals surface area contributed by atoms with Crippen LogP contribution < -0.4 is 4.90 Å². The number of aromatic nitrogens is 2. The highest BCUT2D eigenvalue weighted by Gasteiger charge is 2.29. The molecule has 3 heterocycles. The molecule has 0 aromatic carbocycles. The van der Waals surface area contributed by atoms with Crippen molar-refractivity contribution >= 4 is 5.95 Å². The van der Waals surface area contributed by atoms with Crippen LogP contribution in [0.1, 0.15) is 62.6 Å². The number of rotatable bonds is 4. The van der Waals surface area contributed by atoms with Gasteiger partial charge in [-0.25, -0.2) is 9.97 Å². The summed E-state index contributed by atoms with van der Waals surface area (Å²) in [4.78, 5) is 17.5. The van der Waals surface area contributed by atoms with E-state index in [1.165, 1.54) is 88.8 Å². The van der Waals surface area contributed by atoms with Gasteiger partial charge in [-0.1, -0.05) is 25.7 Å². The van der Waals surface area contributed by atoms with Crippen LogP contribution in [-0.2, 0) is 13.0 Å². The number of hydrogen-bond acceptors (Lipinski definition) is 5. The smallest absolute Gasteiger partial charge is 0.225 e. The van der Waals surface area contributed by atoms with Crippen molar-refractivity contribution in [3.8, 4) is 0 Å². The maximum atomic E-state index is 4.99. The van der Waals surface area contributed by atoms with Gasteiger partial charge in [0, 0.05) is 70.0 Å². The Kier molecular flexibility index (Phi) is 5.32. The zero-order valence-corrected chi connectivity index (χ0v) is 16.8. The van der Waals surface area contributed by atoms with Crippen LogP contribution in [0.3, 0.4) is 0 Å². The predicted molar refractivity (Wildman–Crippen MR) is 109 cm³/mol. The highest BCUT2D eigenvalue weighted by Crippen LogP contribution is 2.28. The molecule has 2 saturated carbocycles. The molecule has 0 radical (unpaired) electrons. The molecule has 1 saturated heterocycles. The minimum atomic E-state index is 0.867. The topological polar surface area (TPSA) is 35.5 Å². The molecule has 3 fully saturated rings. The van der Waals surface area contributed by atoms with Gasteiger partial charge in [-0.05, 0) is 31.6 Å². The number of anilines is 1. The average molecular weight is 370 g/mol. The molecule has 5 nitrogen and oxygen atoms in total. The molecule has 1 aromatic heterocycles. The fraction of sp³-hybridized carbons (Fsp3) is 0.818. The van der Waals surface area contributed by atoms with Crippen LogP contribution in [0.4, 0.5) is 5.95 Å². The van der Waals surface area contributed by atoms with E-state index in [1.807, 2.05) is 0 Å². The maximum Gasteiger partial charge on any atom is 0.225 e. The summed E-state index contributed by atoms with van der Waals surface area (Å²) in [7, 11) is 0. The molecule has 148 valence electrons. The van der Waals surface area contributed by atoms with Crippen molar-refractivity contribution in [1.29, 1.82) is 0 Å². The zero-order chi connectivity index (χ0) is 18.1. The van der Waals surface area contributed by atoms with E-state index in [0.717, 1.165) is 44.0 Å². The van der Waals surface area contributed by atoms with Crippen LogP contribution in [0.15, 0.2) is 6.20 Å². The normalized spacial score (nSPS) is 26.0. The third kappa shape index (κ3) is 4.00. The van der Waals surface area contributed by atoms with E-state index in [2.05, 4.69) is 20.9 Å². The van der Waals surface area contributed by atoms with Gasteiger partial charge in [0.25, 0.3) is 0 Å². The molecule has 5 heteroatoms. The second-order valence-corrected chi connectivity index (χ2v) is 9.24. The Hall–Kier alpha value is -1.20. The zero-order valence-electron chi connectivity index (χ0n) is 16.8. The monoisotopic (exact) mass is 369 g/mol. The van der Waals surface area contributed by atoms with E-state index in [9.17, 15) is 0 Å². The minimum absolute atomic E-state index is 0.867. The molecule has 2 aliphatic heterocycles. The van der Waals surface area contributed by atoms with E-state index < -0.39 is 0 Å². The molecule has 2 aliphatic carbocycles. The van der Waals surface area contributed by atoms with Crippen molar-refractivity contribution in [3.63, 3.8) is 0 Å². The number of nitrogens with zero attached hydrogens (tertiary/aromatic N) is 5. The fourth-order valence-electron chi connectivity index (χ4n) is 5.45. The van der Waals surface area contributed by atoms with Crippen LogP contribution in [0.25, 0.3) is 0 Å². The van der Waals surface area contributed by atoms with Gasteiger partial charge in [0.05, 0.1) is 5.69 Å². The lowest BCUT2D eigenvalue weighted by molar-refractivity contribution is 0.120. The Bertz CT molecular complexity index is 630. The molecule has 0 unspecified atom stereocenters. The van der Waals surface area contributed by atoms with Crippen LogP contribution in [0, 0.1) is 5.92 Å². The highest BCUT2D eigenvalue weighted by atomic mass is 15.3. The Morgan fingerprint density at radius 3 is 2.44 bits per heavy atom. The Balaban J connectivity index is 1.17. The average Bonchev–Trinajstić information content (AvgIpc) is 2.68. The minimum Gasteiger partial charge on any atom is -0.338 e. The summed E-state index contributed by atoms with van der Waals surface area (Å²) < 4.78 is 0. The van der Waals surface area contributed by atoms with Gasteiger partial charge in [-0.3, -0.25) is 9.80 Å². The van der Waals surface area contributed by atoms with Crippen molar-refractivity contribution < 1.29 is 0 Å². The first kappa shape index (κ1) is 17.9. The third-order valence-corrected chi connectivity index (χ3v) is 7.43. The van der Waals surface area contributed by atoms with E-state index in [1.54, 1.807) is 0 Å². The molecular formula is C22H35N5. The lowest BCUT2D eigenvalue weighted by atomic mass is 9.88. The molecule has 0 bridgehead atoms. The van der Waals surface area contributed by atoms with E-state index in [-0.39, 0.29) is 0 Å². The van der Waals surface area contributed by atoms with Crippen molar-refractivity contribution in [1.82, 2.24) is 19.8 Å². The van der Waals surface area contributed by atoms with Crippen molar-refractivity contribution in [2.45, 2.75) is 70.4 Å². The summed E-state index contributed by atoms with van der Waals surface area (Å²) in [6.07, 6.45) is 14.7. The van der Waals surface area contributed by atoms with Crippen molar-refractivity contribution in [3.05, 3.63) is 17.5 Å². The number of piperazine rings is 1. The predicted octanol–water partition coefficient (Wildman–Crippen LogP) is 3.09. The van der Waals surface area contributed by atoms with Crippen LogP contribution in [-0.4, -0.2) is 65.1 Å². The summed E-state index contributed by atoms with van der Waals surface area (Å²) in [5.74, 6) is 1.90. The summed E-state index contributed by atoms with van der Waals surface area (Å²) in [6, 6.07) is 0.867. The van der Waals surface area contributed by atoms with Crippen LogP contribution in [0.2, 0.25) is 0 Å². The first-order valence-electron chi connectivity index (χ1n) is 11.4. The van der Waals surface area contributed by atoms with Crippen molar-refractivity contribution in [2.24, 2.45) is 5.92 Å². The fourth-order valence-corrected chi connectivity index (χ4v) is 5.45. The maximum absolute atomic E-state index is 4.99. The lowest BCUT2D eigenvalue weighted by Gasteiger charge is -2.43. The van der Waals surface area contributed by atoms with Gasteiger partial charge in [0.1, 0.15) is 0 Å². The molecule has 0 amide bonds. The van der Waals surface area contributed by atoms with Crippen LogP contribution in [0.5, 0.6) is 0 Å². The number of hydrogen-bond donors (Lipinski definition) is 0. The first-order chi connectivity index (χ1) is 13.3. The molecule has 27 heavy (non-hydrogen) atoms. The molecule has 4 aliphatic rings. The van der Waals surface area contributed by atoms with E-state index >= 15 is 0 Å². The van der Waals surface area contributed by atoms with Gasteiger partial charge in [0.15, 0.2) is 0 Å². The van der Waals surface area contributed by atoms with E-state index in [0.29, 0.717) is 0 Å². The Morgan fingerprint density at radius 1 is 0.889 bits per heavy atom. The van der Waals surface area contributed by atoms with Gasteiger partial charge in [-0.2, -0.15) is 0 Å². The summed E-state index contributed by atoms with van der Waals surface area (Å²) in [5, 5.41) is 0. The van der Waals surface area contributed by atoms with Crippen molar-refractivity contribution in [2.75, 3.05) is 44.2 Å². The molecule has 0 atom stereocenters. The standard InChI is InChI=1S/C22H35N5/c1-2-5-18(6-3-1)16-25-10-9-21-19(17-25)15-23-22(24-21)27-13-11-26(12-14-27)20-7-4-8-20/h15,18,20H,1-14,16-17H2. The molecule has 1 aromatic rings. The largest absolute Gasteiger partial charge is 0.338 e. The second kappa shape index (κ2) is 8.04. The van der Waals surface area contributed by atoms with Gasteiger partial charge in [0.2, 0.25) is 5.95 Å². The van der Waals surface area contributed by atoms with Gasteiger partial charge >= 0.3 is 0 Å².